The van der Waals surface area contributed by atoms with Crippen molar-refractivity contribution in [3.8, 4) is 0 Å². The van der Waals surface area contributed by atoms with Crippen molar-refractivity contribution < 1.29 is 4.79 Å². The van der Waals surface area contributed by atoms with Crippen LogP contribution in [-0.2, 0) is 0 Å². The lowest BCUT2D eigenvalue weighted by molar-refractivity contribution is 0.0748. The molecule has 3 nitrogen and oxygen atoms in total. The van der Waals surface area contributed by atoms with Gasteiger partial charge in [0, 0.05) is 37.1 Å². The Balaban J connectivity index is 2.15. The van der Waals surface area contributed by atoms with Crippen molar-refractivity contribution in [3.05, 3.63) is 29.3 Å². The third kappa shape index (κ3) is 2.64. The number of carbonyl (C=O) groups excluding carboxylic acids is 1. The Morgan fingerprint density at radius 3 is 2.83 bits per heavy atom. The molecule has 98 valence electrons. The maximum atomic E-state index is 12.4. The maximum absolute atomic E-state index is 12.4. The van der Waals surface area contributed by atoms with Gasteiger partial charge in [-0.05, 0) is 42.9 Å². The van der Waals surface area contributed by atoms with E-state index in [2.05, 4.69) is 5.32 Å². The van der Waals surface area contributed by atoms with Gasteiger partial charge in [0.15, 0.2) is 0 Å². The number of aryl methyl sites for hydroxylation is 1. The van der Waals surface area contributed by atoms with Crippen LogP contribution in [0.4, 0.5) is 5.69 Å². The van der Waals surface area contributed by atoms with E-state index >= 15 is 0 Å². The summed E-state index contributed by atoms with van der Waals surface area (Å²) < 4.78 is 0. The molecule has 1 amide bonds. The number of benzene rings is 1. The number of thioether (sulfide) groups is 1. The van der Waals surface area contributed by atoms with Crippen LogP contribution in [-0.4, -0.2) is 42.4 Å². The number of nitrogens with one attached hydrogen (secondary N) is 1. The molecule has 1 aliphatic heterocycles. The zero-order valence-corrected chi connectivity index (χ0v) is 12.0. The molecular weight excluding hydrogens is 244 g/mol. The van der Waals surface area contributed by atoms with Crippen molar-refractivity contribution in [2.45, 2.75) is 19.4 Å². The lowest BCUT2D eigenvalue weighted by Gasteiger charge is -2.24. The smallest absolute Gasteiger partial charge is 0.253 e. The topological polar surface area (TPSA) is 32.3 Å². The molecule has 1 aromatic rings. The Bertz CT molecular complexity index is 441. The van der Waals surface area contributed by atoms with Crippen molar-refractivity contribution in [1.29, 1.82) is 0 Å². The van der Waals surface area contributed by atoms with Crippen LogP contribution < -0.4 is 5.32 Å². The van der Waals surface area contributed by atoms with Crippen molar-refractivity contribution in [1.82, 2.24) is 4.90 Å². The average Bonchev–Trinajstić information content (AvgIpc) is 2.90. The van der Waals surface area contributed by atoms with E-state index in [1.807, 2.05) is 55.9 Å². The predicted molar refractivity (Wildman–Crippen MR) is 78.5 cm³/mol. The molecule has 0 aliphatic carbocycles. The van der Waals surface area contributed by atoms with E-state index in [0.29, 0.717) is 6.04 Å². The first-order valence-electron chi connectivity index (χ1n) is 6.27. The van der Waals surface area contributed by atoms with Gasteiger partial charge < -0.3 is 10.2 Å². The summed E-state index contributed by atoms with van der Waals surface area (Å²) in [6.45, 7) is 2.02. The molecule has 1 unspecified atom stereocenters. The molecule has 1 aliphatic rings. The summed E-state index contributed by atoms with van der Waals surface area (Å²) in [6.07, 6.45) is 1.11. The molecular formula is C14H20N2OS. The van der Waals surface area contributed by atoms with E-state index in [9.17, 15) is 4.79 Å². The molecule has 0 bridgehead atoms. The van der Waals surface area contributed by atoms with Crippen molar-refractivity contribution in [3.63, 3.8) is 0 Å². The highest BCUT2D eigenvalue weighted by molar-refractivity contribution is 7.99. The van der Waals surface area contributed by atoms with Gasteiger partial charge in [-0.15, -0.1) is 0 Å². The Hall–Kier alpha value is -1.16. The van der Waals surface area contributed by atoms with Gasteiger partial charge in [-0.2, -0.15) is 11.8 Å². The van der Waals surface area contributed by atoms with E-state index in [-0.39, 0.29) is 5.91 Å². The third-order valence-electron chi connectivity index (χ3n) is 3.52. The molecule has 1 fully saturated rings. The first-order chi connectivity index (χ1) is 8.63. The fraction of sp³-hybridized carbons (Fsp3) is 0.500. The minimum atomic E-state index is 0.133. The minimum Gasteiger partial charge on any atom is -0.388 e. The first kappa shape index (κ1) is 13.3. The molecule has 0 radical (unpaired) electrons. The second-order valence-corrected chi connectivity index (χ2v) is 5.86. The number of rotatable bonds is 3. The molecule has 4 heteroatoms. The van der Waals surface area contributed by atoms with Crippen LogP contribution in [0.5, 0.6) is 0 Å². The van der Waals surface area contributed by atoms with Gasteiger partial charge in [0.2, 0.25) is 0 Å². The fourth-order valence-corrected chi connectivity index (χ4v) is 3.54. The fourth-order valence-electron chi connectivity index (χ4n) is 2.27. The summed E-state index contributed by atoms with van der Waals surface area (Å²) in [7, 11) is 3.81. The Morgan fingerprint density at radius 2 is 2.28 bits per heavy atom. The number of hydrogen-bond donors (Lipinski definition) is 1. The molecule has 1 aromatic carbocycles. The molecule has 1 N–H and O–H groups in total. The van der Waals surface area contributed by atoms with Gasteiger partial charge in [0.25, 0.3) is 5.91 Å². The minimum absolute atomic E-state index is 0.133. The molecule has 1 atom stereocenters. The second-order valence-electron chi connectivity index (χ2n) is 4.71. The zero-order chi connectivity index (χ0) is 13.1. The monoisotopic (exact) mass is 264 g/mol. The van der Waals surface area contributed by atoms with Crippen LogP contribution in [0.25, 0.3) is 0 Å². The largest absolute Gasteiger partial charge is 0.388 e. The standard InChI is InChI=1S/C14H20N2OS/c1-10-8-11(4-5-13(10)15-2)14(17)16(3)12-6-7-18-9-12/h4-5,8,12,15H,6-7,9H2,1-3H3. The van der Waals surface area contributed by atoms with Crippen LogP contribution >= 0.6 is 11.8 Å². The summed E-state index contributed by atoms with van der Waals surface area (Å²) in [5, 5.41) is 3.12. The SMILES string of the molecule is CNc1ccc(C(=O)N(C)C2CCSC2)cc1C. The van der Waals surface area contributed by atoms with Crippen LogP contribution in [0.1, 0.15) is 22.3 Å². The average molecular weight is 264 g/mol. The van der Waals surface area contributed by atoms with Gasteiger partial charge in [0.1, 0.15) is 0 Å². The van der Waals surface area contributed by atoms with E-state index in [1.54, 1.807) is 0 Å². The first-order valence-corrected chi connectivity index (χ1v) is 7.42. The predicted octanol–water partition coefficient (Wildman–Crippen LogP) is 2.61. The Labute approximate surface area is 113 Å². The highest BCUT2D eigenvalue weighted by Gasteiger charge is 2.24. The van der Waals surface area contributed by atoms with E-state index in [0.717, 1.165) is 29.0 Å². The molecule has 18 heavy (non-hydrogen) atoms. The Morgan fingerprint density at radius 1 is 1.50 bits per heavy atom. The summed E-state index contributed by atoms with van der Waals surface area (Å²) in [4.78, 5) is 14.3. The van der Waals surface area contributed by atoms with Gasteiger partial charge in [-0.1, -0.05) is 0 Å². The van der Waals surface area contributed by atoms with Crippen molar-refractivity contribution in [2.75, 3.05) is 30.9 Å². The number of anilines is 1. The maximum Gasteiger partial charge on any atom is 0.253 e. The lowest BCUT2D eigenvalue weighted by atomic mass is 10.1. The van der Waals surface area contributed by atoms with Crippen molar-refractivity contribution >= 4 is 23.4 Å². The Kier molecular flexibility index (Phi) is 4.17. The van der Waals surface area contributed by atoms with Crippen LogP contribution in [0.15, 0.2) is 18.2 Å². The second kappa shape index (κ2) is 5.65. The van der Waals surface area contributed by atoms with Crippen LogP contribution in [0.2, 0.25) is 0 Å². The van der Waals surface area contributed by atoms with E-state index < -0.39 is 0 Å². The highest BCUT2D eigenvalue weighted by Crippen LogP contribution is 2.23. The van der Waals surface area contributed by atoms with Crippen LogP contribution in [0, 0.1) is 6.92 Å². The van der Waals surface area contributed by atoms with Gasteiger partial charge in [0.05, 0.1) is 0 Å². The zero-order valence-electron chi connectivity index (χ0n) is 11.2. The summed E-state index contributed by atoms with van der Waals surface area (Å²) >= 11 is 1.93. The van der Waals surface area contributed by atoms with E-state index in [4.69, 9.17) is 0 Å². The van der Waals surface area contributed by atoms with Gasteiger partial charge in [-0.25, -0.2) is 0 Å². The molecule has 0 aromatic heterocycles. The third-order valence-corrected chi connectivity index (χ3v) is 4.66. The number of nitrogens with zero attached hydrogens (tertiary/aromatic N) is 1. The van der Waals surface area contributed by atoms with Crippen LogP contribution in [0.3, 0.4) is 0 Å². The summed E-state index contributed by atoms with van der Waals surface area (Å²) in [5.74, 6) is 2.36. The van der Waals surface area contributed by atoms with Crippen molar-refractivity contribution in [2.24, 2.45) is 0 Å². The normalized spacial score (nSPS) is 18.7. The van der Waals surface area contributed by atoms with Gasteiger partial charge in [-0.3, -0.25) is 4.79 Å². The molecule has 0 saturated carbocycles. The summed E-state index contributed by atoms with van der Waals surface area (Å²) in [6, 6.07) is 6.23. The summed E-state index contributed by atoms with van der Waals surface area (Å²) in [5.41, 5.74) is 2.97. The number of carbonyl (C=O) groups is 1. The molecule has 0 spiro atoms. The highest BCUT2D eigenvalue weighted by atomic mass is 32.2. The number of hydrogen-bond acceptors (Lipinski definition) is 3. The number of amides is 1. The molecule has 2 rings (SSSR count). The lowest BCUT2D eigenvalue weighted by Crippen LogP contribution is -2.37. The molecule has 1 saturated heterocycles. The van der Waals surface area contributed by atoms with E-state index in [1.165, 1.54) is 5.75 Å². The van der Waals surface area contributed by atoms with Gasteiger partial charge >= 0.3 is 0 Å². The molecule has 1 heterocycles. The quantitative estimate of drug-likeness (QED) is 0.911.